The summed E-state index contributed by atoms with van der Waals surface area (Å²) in [5.41, 5.74) is 4.09. The highest BCUT2D eigenvalue weighted by Crippen LogP contribution is 2.37. The molecule has 3 aromatic carbocycles. The zero-order valence-electron chi connectivity index (χ0n) is 18.8. The molecule has 0 aliphatic carbocycles. The Balaban J connectivity index is 1.52. The number of methoxy groups -OCH3 is 2. The van der Waals surface area contributed by atoms with E-state index in [9.17, 15) is 9.59 Å². The van der Waals surface area contributed by atoms with Gasteiger partial charge in [-0.25, -0.2) is 9.80 Å². The SMILES string of the molecule is COc1cc2nccc(Oc3ccc(NC(=O)N(NC=O)c4ccccc4Br)cc3)c2cc1OC. The van der Waals surface area contributed by atoms with Gasteiger partial charge < -0.3 is 19.5 Å². The van der Waals surface area contributed by atoms with Crippen molar-refractivity contribution < 1.29 is 23.8 Å². The number of benzene rings is 3. The summed E-state index contributed by atoms with van der Waals surface area (Å²) in [6.45, 7) is 0. The number of pyridine rings is 1. The maximum absolute atomic E-state index is 12.8. The lowest BCUT2D eigenvalue weighted by molar-refractivity contribution is -0.109. The first-order valence-corrected chi connectivity index (χ1v) is 11.2. The highest BCUT2D eigenvalue weighted by atomic mass is 79.9. The fourth-order valence-electron chi connectivity index (χ4n) is 3.37. The maximum Gasteiger partial charge on any atom is 0.345 e. The lowest BCUT2D eigenvalue weighted by Crippen LogP contribution is -2.45. The van der Waals surface area contributed by atoms with Crippen LogP contribution in [0.2, 0.25) is 0 Å². The molecule has 3 amide bonds. The van der Waals surface area contributed by atoms with Crippen molar-refractivity contribution in [2.24, 2.45) is 0 Å². The number of carbonyl (C=O) groups is 2. The highest BCUT2D eigenvalue weighted by Gasteiger charge is 2.18. The molecule has 0 unspecified atom stereocenters. The first-order chi connectivity index (χ1) is 17.0. The molecule has 0 radical (unpaired) electrons. The number of hydrazine groups is 1. The van der Waals surface area contributed by atoms with E-state index in [-0.39, 0.29) is 0 Å². The smallest absolute Gasteiger partial charge is 0.345 e. The van der Waals surface area contributed by atoms with Gasteiger partial charge >= 0.3 is 6.03 Å². The number of rotatable bonds is 8. The van der Waals surface area contributed by atoms with Crippen molar-refractivity contribution in [2.45, 2.75) is 0 Å². The van der Waals surface area contributed by atoms with Crippen LogP contribution in [0, 0.1) is 0 Å². The van der Waals surface area contributed by atoms with Crippen LogP contribution in [0.15, 0.2) is 77.4 Å². The number of ether oxygens (including phenoxy) is 3. The predicted octanol–water partition coefficient (Wildman–Crippen LogP) is 5.51. The summed E-state index contributed by atoms with van der Waals surface area (Å²) < 4.78 is 17.5. The van der Waals surface area contributed by atoms with Gasteiger partial charge in [-0.3, -0.25) is 15.2 Å². The van der Waals surface area contributed by atoms with E-state index in [2.05, 4.69) is 31.7 Å². The Hall–Kier alpha value is -4.31. The lowest BCUT2D eigenvalue weighted by atomic mass is 10.2. The van der Waals surface area contributed by atoms with E-state index >= 15 is 0 Å². The van der Waals surface area contributed by atoms with E-state index in [4.69, 9.17) is 14.2 Å². The molecule has 4 rings (SSSR count). The Morgan fingerprint density at radius 2 is 1.69 bits per heavy atom. The van der Waals surface area contributed by atoms with Gasteiger partial charge in [-0.15, -0.1) is 0 Å². The van der Waals surface area contributed by atoms with Crippen LogP contribution in [0.4, 0.5) is 16.2 Å². The molecular formula is C25H21BrN4O5. The summed E-state index contributed by atoms with van der Waals surface area (Å²) in [5, 5.41) is 4.61. The minimum atomic E-state index is -0.543. The van der Waals surface area contributed by atoms with Gasteiger partial charge in [0.15, 0.2) is 11.5 Å². The molecule has 1 heterocycles. The van der Waals surface area contributed by atoms with Gasteiger partial charge in [-0.1, -0.05) is 12.1 Å². The van der Waals surface area contributed by atoms with Gasteiger partial charge in [0.05, 0.1) is 25.4 Å². The van der Waals surface area contributed by atoms with E-state index in [1.807, 2.05) is 6.07 Å². The number of para-hydroxylation sites is 1. The van der Waals surface area contributed by atoms with Gasteiger partial charge in [0.25, 0.3) is 0 Å². The first-order valence-electron chi connectivity index (χ1n) is 10.4. The normalized spacial score (nSPS) is 10.4. The fraction of sp³-hybridized carbons (Fsp3) is 0.0800. The molecule has 0 atom stereocenters. The number of halogens is 1. The molecule has 178 valence electrons. The summed E-state index contributed by atoms with van der Waals surface area (Å²) >= 11 is 3.38. The van der Waals surface area contributed by atoms with Gasteiger partial charge in [0.2, 0.25) is 6.41 Å². The molecule has 0 bridgehead atoms. The third-order valence-electron chi connectivity index (χ3n) is 5.02. The number of aromatic nitrogens is 1. The summed E-state index contributed by atoms with van der Waals surface area (Å²) in [4.78, 5) is 28.2. The summed E-state index contributed by atoms with van der Waals surface area (Å²) in [6, 6.07) is 18.7. The molecule has 9 nitrogen and oxygen atoms in total. The molecule has 10 heteroatoms. The molecule has 0 fully saturated rings. The van der Waals surface area contributed by atoms with E-state index in [1.165, 1.54) is 0 Å². The van der Waals surface area contributed by atoms with Crippen LogP contribution in [0.5, 0.6) is 23.0 Å². The van der Waals surface area contributed by atoms with Crippen molar-refractivity contribution in [3.8, 4) is 23.0 Å². The van der Waals surface area contributed by atoms with Crippen LogP contribution in [0.3, 0.4) is 0 Å². The van der Waals surface area contributed by atoms with E-state index in [0.717, 1.165) is 10.4 Å². The molecular weight excluding hydrogens is 516 g/mol. The van der Waals surface area contributed by atoms with Crippen LogP contribution in [0.1, 0.15) is 0 Å². The number of nitrogens with zero attached hydrogens (tertiary/aromatic N) is 2. The summed E-state index contributed by atoms with van der Waals surface area (Å²) in [6.07, 6.45) is 2.08. The Morgan fingerprint density at radius 3 is 2.37 bits per heavy atom. The quantitative estimate of drug-likeness (QED) is 0.227. The van der Waals surface area contributed by atoms with Gasteiger partial charge in [0, 0.05) is 27.8 Å². The van der Waals surface area contributed by atoms with Crippen LogP contribution >= 0.6 is 15.9 Å². The number of amides is 3. The number of hydrogen-bond donors (Lipinski definition) is 2. The number of nitrogens with one attached hydrogen (secondary N) is 2. The molecule has 4 aromatic rings. The van der Waals surface area contributed by atoms with Crippen molar-refractivity contribution in [3.05, 3.63) is 77.4 Å². The summed E-state index contributed by atoms with van der Waals surface area (Å²) in [5.74, 6) is 2.28. The lowest BCUT2D eigenvalue weighted by Gasteiger charge is -2.22. The number of carbonyl (C=O) groups excluding carboxylic acids is 2. The van der Waals surface area contributed by atoms with E-state index < -0.39 is 6.03 Å². The molecule has 0 saturated carbocycles. The van der Waals surface area contributed by atoms with Crippen molar-refractivity contribution in [2.75, 3.05) is 24.5 Å². The molecule has 35 heavy (non-hydrogen) atoms. The maximum atomic E-state index is 12.8. The largest absolute Gasteiger partial charge is 0.493 e. The topological polar surface area (TPSA) is 102 Å². The number of anilines is 2. The first kappa shape index (κ1) is 23.8. The second-order valence-electron chi connectivity index (χ2n) is 7.12. The van der Waals surface area contributed by atoms with E-state index in [0.29, 0.717) is 50.8 Å². The zero-order valence-corrected chi connectivity index (χ0v) is 20.4. The second-order valence-corrected chi connectivity index (χ2v) is 7.98. The third-order valence-corrected chi connectivity index (χ3v) is 5.69. The molecule has 0 saturated heterocycles. The second kappa shape index (κ2) is 10.7. The third kappa shape index (κ3) is 5.28. The number of hydrogen-bond acceptors (Lipinski definition) is 6. The van der Waals surface area contributed by atoms with Crippen molar-refractivity contribution in [3.63, 3.8) is 0 Å². The summed E-state index contributed by atoms with van der Waals surface area (Å²) in [7, 11) is 3.13. The van der Waals surface area contributed by atoms with Crippen LogP contribution in [-0.4, -0.2) is 31.6 Å². The minimum absolute atomic E-state index is 0.430. The van der Waals surface area contributed by atoms with Gasteiger partial charge in [0.1, 0.15) is 11.5 Å². The average molecular weight is 537 g/mol. The minimum Gasteiger partial charge on any atom is -0.493 e. The fourth-order valence-corrected chi connectivity index (χ4v) is 3.83. The average Bonchev–Trinajstić information content (AvgIpc) is 2.88. The monoisotopic (exact) mass is 536 g/mol. The molecule has 1 aromatic heterocycles. The van der Waals surface area contributed by atoms with Crippen LogP contribution in [-0.2, 0) is 4.79 Å². The molecule has 0 spiro atoms. The van der Waals surface area contributed by atoms with Crippen LogP contribution < -0.4 is 30.0 Å². The van der Waals surface area contributed by atoms with E-state index in [1.54, 1.807) is 81.1 Å². The Morgan fingerprint density at radius 1 is 0.971 bits per heavy atom. The highest BCUT2D eigenvalue weighted by molar-refractivity contribution is 9.10. The number of fused-ring (bicyclic) bond motifs is 1. The Labute approximate surface area is 209 Å². The van der Waals surface area contributed by atoms with Crippen molar-refractivity contribution >= 4 is 50.6 Å². The zero-order chi connectivity index (χ0) is 24.8. The Bertz CT molecular complexity index is 1360. The van der Waals surface area contributed by atoms with Gasteiger partial charge in [-0.05, 0) is 64.5 Å². The van der Waals surface area contributed by atoms with Crippen molar-refractivity contribution in [1.82, 2.24) is 10.4 Å². The standard InChI is InChI=1S/C25H21BrN4O5/c1-33-23-13-18-20(14-24(23)34-2)27-12-11-22(18)35-17-9-7-16(8-10-17)29-25(32)30(28-15-31)21-6-4-3-5-19(21)26/h3-15H,1-2H3,(H,28,31)(H,29,32). The van der Waals surface area contributed by atoms with Crippen molar-refractivity contribution in [1.29, 1.82) is 0 Å². The molecule has 0 aliphatic rings. The molecule has 2 N–H and O–H groups in total. The van der Waals surface area contributed by atoms with Gasteiger partial charge in [-0.2, -0.15) is 0 Å². The Kier molecular flexibility index (Phi) is 7.32. The van der Waals surface area contributed by atoms with Crippen LogP contribution in [0.25, 0.3) is 10.9 Å². The predicted molar refractivity (Wildman–Crippen MR) is 136 cm³/mol. The number of urea groups is 1. The molecule has 0 aliphatic heterocycles.